The Morgan fingerprint density at radius 2 is 2.00 bits per heavy atom. The van der Waals surface area contributed by atoms with Gasteiger partial charge in [-0.15, -0.1) is 0 Å². The fourth-order valence-electron chi connectivity index (χ4n) is 4.32. The van der Waals surface area contributed by atoms with Crippen molar-refractivity contribution in [1.82, 2.24) is 4.98 Å². The molecule has 2 aromatic rings. The molecule has 116 valence electrons. The van der Waals surface area contributed by atoms with Crippen LogP contribution in [0.15, 0.2) is 66.4 Å². The van der Waals surface area contributed by atoms with Crippen molar-refractivity contribution in [3.05, 3.63) is 77.5 Å². The highest BCUT2D eigenvalue weighted by molar-refractivity contribution is 5.66. The lowest BCUT2D eigenvalue weighted by atomic mass is 9.78. The van der Waals surface area contributed by atoms with Crippen LogP contribution in [0.3, 0.4) is 0 Å². The van der Waals surface area contributed by atoms with Crippen molar-refractivity contribution in [3.63, 3.8) is 0 Å². The fourth-order valence-corrected chi connectivity index (χ4v) is 4.32. The number of aromatic nitrogens is 1. The van der Waals surface area contributed by atoms with E-state index in [0.717, 1.165) is 12.1 Å². The summed E-state index contributed by atoms with van der Waals surface area (Å²) in [5.74, 6) is 1.08. The number of pyridine rings is 1. The van der Waals surface area contributed by atoms with Crippen LogP contribution < -0.4 is 0 Å². The number of allylic oxidation sites excluding steroid dienone is 4. The third-order valence-corrected chi connectivity index (χ3v) is 5.52. The van der Waals surface area contributed by atoms with Crippen LogP contribution in [0.2, 0.25) is 0 Å². The summed E-state index contributed by atoms with van der Waals surface area (Å²) >= 11 is 0. The molecule has 0 aliphatic heterocycles. The van der Waals surface area contributed by atoms with Gasteiger partial charge in [-0.3, -0.25) is 4.98 Å². The summed E-state index contributed by atoms with van der Waals surface area (Å²) in [5.41, 5.74) is 6.94. The summed E-state index contributed by atoms with van der Waals surface area (Å²) in [5, 5.41) is 0. The van der Waals surface area contributed by atoms with Gasteiger partial charge < -0.3 is 0 Å². The van der Waals surface area contributed by atoms with Gasteiger partial charge in [0.15, 0.2) is 0 Å². The summed E-state index contributed by atoms with van der Waals surface area (Å²) in [6.45, 7) is 7.09. The third kappa shape index (κ3) is 2.18. The lowest BCUT2D eigenvalue weighted by molar-refractivity contribution is 0.560. The molecule has 0 N–H and O–H groups in total. The molecule has 0 saturated heterocycles. The Morgan fingerprint density at radius 1 is 1.13 bits per heavy atom. The van der Waals surface area contributed by atoms with E-state index in [1.54, 1.807) is 5.57 Å². The van der Waals surface area contributed by atoms with E-state index >= 15 is 0 Å². The Morgan fingerprint density at radius 3 is 2.78 bits per heavy atom. The number of hydrogen-bond donors (Lipinski definition) is 0. The molecule has 1 nitrogen and oxygen atoms in total. The Labute approximate surface area is 138 Å². The van der Waals surface area contributed by atoms with Crippen molar-refractivity contribution in [1.29, 1.82) is 0 Å². The first-order valence-corrected chi connectivity index (χ1v) is 8.52. The van der Waals surface area contributed by atoms with Crippen LogP contribution in [0.4, 0.5) is 0 Å². The van der Waals surface area contributed by atoms with Crippen molar-refractivity contribution >= 4 is 0 Å². The first kappa shape index (κ1) is 14.4. The number of hydrogen-bond acceptors (Lipinski definition) is 1. The molecule has 1 aromatic heterocycles. The van der Waals surface area contributed by atoms with Crippen LogP contribution in [-0.2, 0) is 5.41 Å². The Bertz CT molecular complexity index is 796. The van der Waals surface area contributed by atoms with Gasteiger partial charge in [-0.25, -0.2) is 0 Å². The minimum atomic E-state index is 0.102. The van der Waals surface area contributed by atoms with Gasteiger partial charge in [-0.05, 0) is 41.7 Å². The van der Waals surface area contributed by atoms with Crippen molar-refractivity contribution in [2.75, 3.05) is 0 Å². The molecular weight excluding hydrogens is 278 g/mol. The van der Waals surface area contributed by atoms with E-state index in [-0.39, 0.29) is 5.41 Å². The van der Waals surface area contributed by atoms with E-state index in [2.05, 4.69) is 74.3 Å². The second-order valence-electron chi connectivity index (χ2n) is 7.30. The maximum absolute atomic E-state index is 4.52. The average molecular weight is 301 g/mol. The highest BCUT2D eigenvalue weighted by Crippen LogP contribution is 2.54. The maximum Gasteiger partial charge on any atom is 0.0702 e. The van der Waals surface area contributed by atoms with Gasteiger partial charge in [-0.1, -0.05) is 62.8 Å². The summed E-state index contributed by atoms with van der Waals surface area (Å²) < 4.78 is 0. The van der Waals surface area contributed by atoms with Crippen molar-refractivity contribution in [2.24, 2.45) is 5.92 Å². The Balaban J connectivity index is 1.89. The Kier molecular flexibility index (Phi) is 3.26. The number of fused-ring (bicyclic) bond motifs is 3. The molecule has 0 fully saturated rings. The van der Waals surface area contributed by atoms with Crippen LogP contribution in [0.25, 0.3) is 11.3 Å². The molecule has 2 atom stereocenters. The molecule has 2 aliphatic rings. The van der Waals surface area contributed by atoms with Gasteiger partial charge in [0.25, 0.3) is 0 Å². The predicted molar refractivity (Wildman–Crippen MR) is 96.4 cm³/mol. The monoisotopic (exact) mass is 301 g/mol. The van der Waals surface area contributed by atoms with Crippen LogP contribution in [0.1, 0.15) is 44.2 Å². The second-order valence-corrected chi connectivity index (χ2v) is 7.30. The molecule has 0 radical (unpaired) electrons. The van der Waals surface area contributed by atoms with Gasteiger partial charge >= 0.3 is 0 Å². The van der Waals surface area contributed by atoms with Crippen molar-refractivity contribution in [3.8, 4) is 11.3 Å². The van der Waals surface area contributed by atoms with Gasteiger partial charge in [0.05, 0.1) is 5.69 Å². The fraction of sp³-hybridized carbons (Fsp3) is 0.318. The topological polar surface area (TPSA) is 12.9 Å². The normalized spacial score (nSPS) is 24.6. The van der Waals surface area contributed by atoms with Crippen LogP contribution >= 0.6 is 0 Å². The standard InChI is InChI=1S/C22H23N/c1-15-8-4-5-9-18-21(15)17-12-11-16(14-19(17)22(18,2)3)20-10-6-7-13-23-20/h4,6-15,21H,5H2,1-3H3. The average Bonchev–Trinajstić information content (AvgIpc) is 2.68. The van der Waals surface area contributed by atoms with E-state index < -0.39 is 0 Å². The minimum absolute atomic E-state index is 0.102. The largest absolute Gasteiger partial charge is 0.256 e. The quantitative estimate of drug-likeness (QED) is 0.621. The van der Waals surface area contributed by atoms with E-state index in [9.17, 15) is 0 Å². The van der Waals surface area contributed by atoms with Gasteiger partial charge in [0, 0.05) is 23.1 Å². The smallest absolute Gasteiger partial charge is 0.0702 e. The molecule has 1 heterocycles. The van der Waals surface area contributed by atoms with Crippen molar-refractivity contribution in [2.45, 2.75) is 38.5 Å². The third-order valence-electron chi connectivity index (χ3n) is 5.52. The first-order chi connectivity index (χ1) is 11.1. The van der Waals surface area contributed by atoms with E-state index in [4.69, 9.17) is 0 Å². The lowest BCUT2D eigenvalue weighted by Gasteiger charge is -2.25. The van der Waals surface area contributed by atoms with E-state index in [0.29, 0.717) is 11.8 Å². The molecule has 2 aliphatic carbocycles. The first-order valence-electron chi connectivity index (χ1n) is 8.52. The molecule has 0 saturated carbocycles. The predicted octanol–water partition coefficient (Wildman–Crippen LogP) is 5.65. The maximum atomic E-state index is 4.52. The number of benzene rings is 1. The molecule has 23 heavy (non-hydrogen) atoms. The molecule has 0 bridgehead atoms. The van der Waals surface area contributed by atoms with E-state index in [1.165, 1.54) is 16.7 Å². The molecule has 1 heteroatoms. The summed E-state index contributed by atoms with van der Waals surface area (Å²) in [6, 6.07) is 13.1. The van der Waals surface area contributed by atoms with Gasteiger partial charge in [0.1, 0.15) is 0 Å². The summed E-state index contributed by atoms with van der Waals surface area (Å²) in [6.07, 6.45) is 10.1. The van der Waals surface area contributed by atoms with E-state index in [1.807, 2.05) is 12.3 Å². The number of nitrogens with zero attached hydrogens (tertiary/aromatic N) is 1. The van der Waals surface area contributed by atoms with Crippen LogP contribution in [0.5, 0.6) is 0 Å². The summed E-state index contributed by atoms with van der Waals surface area (Å²) in [4.78, 5) is 4.52. The molecule has 1 aromatic carbocycles. The highest BCUT2D eigenvalue weighted by Gasteiger charge is 2.43. The molecule has 4 rings (SSSR count). The molecule has 0 spiro atoms. The molecule has 2 unspecified atom stereocenters. The van der Waals surface area contributed by atoms with Gasteiger partial charge in [0.2, 0.25) is 0 Å². The summed E-state index contributed by atoms with van der Waals surface area (Å²) in [7, 11) is 0. The zero-order valence-corrected chi connectivity index (χ0v) is 14.1. The SMILES string of the molecule is CC1C=CCC=C2C1c1ccc(-c3ccccn3)cc1C2(C)C. The zero-order valence-electron chi connectivity index (χ0n) is 14.1. The van der Waals surface area contributed by atoms with Crippen LogP contribution in [-0.4, -0.2) is 4.98 Å². The minimum Gasteiger partial charge on any atom is -0.256 e. The second kappa shape index (κ2) is 5.19. The highest BCUT2D eigenvalue weighted by atomic mass is 14.7. The Hall–Kier alpha value is -2.15. The lowest BCUT2D eigenvalue weighted by Crippen LogP contribution is -2.17. The zero-order chi connectivity index (χ0) is 16.0. The molecular formula is C22H23N. The van der Waals surface area contributed by atoms with Crippen LogP contribution in [0, 0.1) is 5.92 Å². The molecule has 0 amide bonds. The van der Waals surface area contributed by atoms with Crippen molar-refractivity contribution < 1.29 is 0 Å². The van der Waals surface area contributed by atoms with Gasteiger partial charge in [-0.2, -0.15) is 0 Å². The number of rotatable bonds is 1.